The number of thiazole rings is 1. The lowest BCUT2D eigenvalue weighted by molar-refractivity contribution is -0.121. The molecule has 0 saturated carbocycles. The van der Waals surface area contributed by atoms with Crippen molar-refractivity contribution in [2.75, 3.05) is 6.54 Å². The molecule has 7 nitrogen and oxygen atoms in total. The van der Waals surface area contributed by atoms with Crippen LogP contribution in [-0.2, 0) is 17.6 Å². The Bertz CT molecular complexity index is 831. The molecule has 1 N–H and O–H groups in total. The van der Waals surface area contributed by atoms with Gasteiger partial charge in [0.1, 0.15) is 0 Å². The normalized spacial score (nSPS) is 10.8. The zero-order valence-corrected chi connectivity index (χ0v) is 15.5. The molecule has 0 bridgehead atoms. The van der Waals surface area contributed by atoms with Crippen molar-refractivity contribution in [2.45, 2.75) is 39.0 Å². The largest absolute Gasteiger partial charge is 0.356 e. The number of aryl methyl sites for hydroxylation is 3. The van der Waals surface area contributed by atoms with Crippen LogP contribution in [0, 0.1) is 6.92 Å². The number of hydrogen-bond acceptors (Lipinski definition) is 7. The molecule has 26 heavy (non-hydrogen) atoms. The van der Waals surface area contributed by atoms with Crippen LogP contribution >= 0.6 is 11.3 Å². The zero-order valence-electron chi connectivity index (χ0n) is 14.6. The summed E-state index contributed by atoms with van der Waals surface area (Å²) in [6, 6.07) is 3.91. The molecular weight excluding hydrogens is 350 g/mol. The van der Waals surface area contributed by atoms with Gasteiger partial charge in [-0.25, -0.2) is 4.98 Å². The number of carbonyl (C=O) groups excluding carboxylic acids is 1. The summed E-state index contributed by atoms with van der Waals surface area (Å²) in [4.78, 5) is 24.6. The monoisotopic (exact) mass is 371 g/mol. The third kappa shape index (κ3) is 5.45. The second-order valence-electron chi connectivity index (χ2n) is 5.90. The number of nitrogens with zero attached hydrogens (tertiary/aromatic N) is 4. The molecule has 136 valence electrons. The van der Waals surface area contributed by atoms with Gasteiger partial charge < -0.3 is 9.84 Å². The minimum Gasteiger partial charge on any atom is -0.356 e. The van der Waals surface area contributed by atoms with Crippen molar-refractivity contribution >= 4 is 17.2 Å². The highest BCUT2D eigenvalue weighted by Crippen LogP contribution is 2.21. The molecule has 0 aliphatic carbocycles. The van der Waals surface area contributed by atoms with E-state index in [4.69, 9.17) is 4.52 Å². The van der Waals surface area contributed by atoms with Crippen molar-refractivity contribution in [3.05, 3.63) is 46.6 Å². The Hall–Kier alpha value is -2.61. The van der Waals surface area contributed by atoms with Gasteiger partial charge in [0.2, 0.25) is 11.8 Å². The average Bonchev–Trinajstić information content (AvgIpc) is 3.29. The predicted octanol–water partition coefficient (Wildman–Crippen LogP) is 2.97. The molecule has 0 radical (unpaired) electrons. The van der Waals surface area contributed by atoms with Gasteiger partial charge in [0.05, 0.1) is 10.7 Å². The van der Waals surface area contributed by atoms with Crippen molar-refractivity contribution in [2.24, 2.45) is 0 Å². The number of pyridine rings is 1. The molecule has 3 aromatic heterocycles. The summed E-state index contributed by atoms with van der Waals surface area (Å²) >= 11 is 1.65. The van der Waals surface area contributed by atoms with Crippen LogP contribution in [-0.4, -0.2) is 32.6 Å². The summed E-state index contributed by atoms with van der Waals surface area (Å²) in [5.74, 6) is 1.26. The molecule has 0 aliphatic heterocycles. The second kappa shape index (κ2) is 9.19. The summed E-state index contributed by atoms with van der Waals surface area (Å²) in [5.41, 5.74) is 2.06. The van der Waals surface area contributed by atoms with Crippen molar-refractivity contribution in [3.63, 3.8) is 0 Å². The van der Waals surface area contributed by atoms with Crippen LogP contribution in [0.25, 0.3) is 11.3 Å². The smallest absolute Gasteiger partial charge is 0.226 e. The van der Waals surface area contributed by atoms with Crippen molar-refractivity contribution in [3.8, 4) is 11.3 Å². The maximum absolute atomic E-state index is 11.8. The van der Waals surface area contributed by atoms with Gasteiger partial charge in [0, 0.05) is 49.1 Å². The number of rotatable bonds is 9. The van der Waals surface area contributed by atoms with Crippen molar-refractivity contribution in [1.82, 2.24) is 25.4 Å². The fraction of sp³-hybridized carbons (Fsp3) is 0.389. The van der Waals surface area contributed by atoms with E-state index in [1.807, 2.05) is 12.1 Å². The lowest BCUT2D eigenvalue weighted by atomic mass is 10.2. The topological polar surface area (TPSA) is 93.8 Å². The fourth-order valence-corrected chi connectivity index (χ4v) is 3.33. The van der Waals surface area contributed by atoms with E-state index >= 15 is 0 Å². The Balaban J connectivity index is 1.31. The SMILES string of the molecule is Cc1noc(CCCC(=O)NCCCc2nc(-c3ccncc3)cs2)n1. The molecule has 1 amide bonds. The Kier molecular flexibility index (Phi) is 6.43. The minimum atomic E-state index is 0.0536. The summed E-state index contributed by atoms with van der Waals surface area (Å²) in [7, 11) is 0. The lowest BCUT2D eigenvalue weighted by Gasteiger charge is -2.03. The highest BCUT2D eigenvalue weighted by atomic mass is 32.1. The maximum Gasteiger partial charge on any atom is 0.226 e. The van der Waals surface area contributed by atoms with Crippen molar-refractivity contribution < 1.29 is 9.32 Å². The van der Waals surface area contributed by atoms with E-state index in [9.17, 15) is 4.79 Å². The fourth-order valence-electron chi connectivity index (χ4n) is 2.48. The van der Waals surface area contributed by atoms with Crippen LogP contribution in [0.15, 0.2) is 34.4 Å². The minimum absolute atomic E-state index is 0.0536. The highest BCUT2D eigenvalue weighted by Gasteiger charge is 2.07. The van der Waals surface area contributed by atoms with E-state index in [0.717, 1.165) is 29.1 Å². The van der Waals surface area contributed by atoms with Crippen LogP contribution in [0.3, 0.4) is 0 Å². The summed E-state index contributed by atoms with van der Waals surface area (Å²) < 4.78 is 5.03. The van der Waals surface area contributed by atoms with Gasteiger partial charge in [-0.3, -0.25) is 9.78 Å². The molecule has 0 atom stereocenters. The van der Waals surface area contributed by atoms with Gasteiger partial charge >= 0.3 is 0 Å². The number of carbonyl (C=O) groups is 1. The number of nitrogens with one attached hydrogen (secondary N) is 1. The van der Waals surface area contributed by atoms with E-state index < -0.39 is 0 Å². The Labute approximate surface area is 155 Å². The first-order valence-electron chi connectivity index (χ1n) is 8.61. The van der Waals surface area contributed by atoms with E-state index in [2.05, 4.69) is 30.8 Å². The molecule has 0 aliphatic rings. The van der Waals surface area contributed by atoms with Gasteiger partial charge in [-0.15, -0.1) is 11.3 Å². The predicted molar refractivity (Wildman–Crippen MR) is 98.6 cm³/mol. The van der Waals surface area contributed by atoms with E-state index in [1.54, 1.807) is 30.7 Å². The Morgan fingerprint density at radius 2 is 2.04 bits per heavy atom. The molecule has 0 fully saturated rings. The Morgan fingerprint density at radius 1 is 1.19 bits per heavy atom. The van der Waals surface area contributed by atoms with Gasteiger partial charge in [0.15, 0.2) is 5.82 Å². The van der Waals surface area contributed by atoms with Crippen molar-refractivity contribution in [1.29, 1.82) is 0 Å². The number of hydrogen-bond donors (Lipinski definition) is 1. The van der Waals surface area contributed by atoms with Crippen LogP contribution in [0.4, 0.5) is 0 Å². The van der Waals surface area contributed by atoms with Gasteiger partial charge in [-0.2, -0.15) is 4.98 Å². The molecule has 0 unspecified atom stereocenters. The third-order valence-electron chi connectivity index (χ3n) is 3.78. The first kappa shape index (κ1) is 18.2. The van der Waals surface area contributed by atoms with Gasteiger partial charge in [-0.05, 0) is 31.9 Å². The number of amides is 1. The van der Waals surface area contributed by atoms with Gasteiger partial charge in [-0.1, -0.05) is 5.16 Å². The van der Waals surface area contributed by atoms with Crippen LogP contribution in [0.1, 0.15) is 36.0 Å². The summed E-state index contributed by atoms with van der Waals surface area (Å²) in [6.07, 6.45) is 7.06. The highest BCUT2D eigenvalue weighted by molar-refractivity contribution is 7.09. The molecule has 3 heterocycles. The van der Waals surface area contributed by atoms with Crippen LogP contribution in [0.2, 0.25) is 0 Å². The number of aromatic nitrogens is 4. The van der Waals surface area contributed by atoms with Crippen LogP contribution in [0.5, 0.6) is 0 Å². The molecule has 8 heteroatoms. The van der Waals surface area contributed by atoms with Gasteiger partial charge in [0.25, 0.3) is 0 Å². The summed E-state index contributed by atoms with van der Waals surface area (Å²) in [5, 5.41) is 9.82. The maximum atomic E-state index is 11.8. The standard InChI is InChI=1S/C18H21N5O2S/c1-13-21-17(25-23-13)5-2-4-16(24)20-9-3-6-18-22-15(12-26-18)14-7-10-19-11-8-14/h7-8,10-12H,2-6,9H2,1H3,(H,20,24). The van der Waals surface area contributed by atoms with E-state index in [-0.39, 0.29) is 5.91 Å². The summed E-state index contributed by atoms with van der Waals surface area (Å²) in [6.45, 7) is 2.44. The quantitative estimate of drug-likeness (QED) is 0.581. The molecular formula is C18H21N5O2S. The van der Waals surface area contributed by atoms with Crippen LogP contribution < -0.4 is 5.32 Å². The average molecular weight is 371 g/mol. The third-order valence-corrected chi connectivity index (χ3v) is 4.69. The molecule has 0 spiro atoms. The zero-order chi connectivity index (χ0) is 18.2. The first-order chi connectivity index (χ1) is 12.7. The Morgan fingerprint density at radius 3 is 2.81 bits per heavy atom. The van der Waals surface area contributed by atoms with E-state index in [1.165, 1.54) is 0 Å². The lowest BCUT2D eigenvalue weighted by Crippen LogP contribution is -2.24. The second-order valence-corrected chi connectivity index (χ2v) is 6.85. The molecule has 3 rings (SSSR count). The molecule has 0 saturated heterocycles. The molecule has 3 aromatic rings. The first-order valence-corrected chi connectivity index (χ1v) is 9.49. The van der Waals surface area contributed by atoms with E-state index in [0.29, 0.717) is 37.5 Å². The molecule has 0 aromatic carbocycles.